The molecule has 66 valence electrons. The number of hydrogen-bond acceptors (Lipinski definition) is 2. The first-order valence-corrected chi connectivity index (χ1v) is 4.50. The molecule has 1 N–H and O–H groups in total. The van der Waals surface area contributed by atoms with Gasteiger partial charge in [0, 0.05) is 17.6 Å². The molecule has 3 heteroatoms. The highest BCUT2D eigenvalue weighted by Gasteiger charge is 2.24. The Balaban J connectivity index is 2.26. The van der Waals surface area contributed by atoms with Gasteiger partial charge in [0.15, 0.2) is 0 Å². The molecule has 3 rings (SSSR count). The van der Waals surface area contributed by atoms with Gasteiger partial charge in [0.2, 0.25) is 0 Å². The lowest BCUT2D eigenvalue weighted by atomic mass is 10.3. The van der Waals surface area contributed by atoms with Gasteiger partial charge in [-0.05, 0) is 25.0 Å². The second kappa shape index (κ2) is 2.25. The molecular formula is C10H10N2O. The van der Waals surface area contributed by atoms with Crippen molar-refractivity contribution >= 4 is 11.0 Å². The molecule has 2 aromatic heterocycles. The fourth-order valence-electron chi connectivity index (χ4n) is 1.68. The fourth-order valence-corrected chi connectivity index (χ4v) is 1.68. The first kappa shape index (κ1) is 6.95. The minimum Gasteiger partial charge on any atom is -0.506 e. The number of rotatable bonds is 1. The summed E-state index contributed by atoms with van der Waals surface area (Å²) >= 11 is 0. The van der Waals surface area contributed by atoms with Crippen molar-refractivity contribution in [1.82, 2.24) is 9.55 Å². The van der Waals surface area contributed by atoms with E-state index in [0.29, 0.717) is 6.04 Å². The molecule has 1 saturated carbocycles. The van der Waals surface area contributed by atoms with Gasteiger partial charge in [0.1, 0.15) is 11.4 Å². The van der Waals surface area contributed by atoms with Crippen molar-refractivity contribution in [2.45, 2.75) is 18.9 Å². The Hall–Kier alpha value is -1.51. The second-order valence-corrected chi connectivity index (χ2v) is 3.56. The van der Waals surface area contributed by atoms with Crippen molar-refractivity contribution in [2.24, 2.45) is 0 Å². The van der Waals surface area contributed by atoms with E-state index in [1.807, 2.05) is 6.07 Å². The lowest BCUT2D eigenvalue weighted by Gasteiger charge is -2.00. The quantitative estimate of drug-likeness (QED) is 0.718. The molecule has 1 fully saturated rings. The van der Waals surface area contributed by atoms with Crippen LogP contribution in [0.15, 0.2) is 24.5 Å². The minimum atomic E-state index is 0.237. The first-order chi connectivity index (χ1) is 6.34. The Labute approximate surface area is 75.6 Å². The Kier molecular flexibility index (Phi) is 1.20. The normalized spacial score (nSPS) is 16.6. The smallest absolute Gasteiger partial charge is 0.140 e. The van der Waals surface area contributed by atoms with E-state index in [2.05, 4.69) is 15.7 Å². The van der Waals surface area contributed by atoms with Crippen LogP contribution >= 0.6 is 0 Å². The number of nitrogens with zero attached hydrogens (tertiary/aromatic N) is 2. The fraction of sp³-hybridized carbons (Fsp3) is 0.300. The number of aromatic hydroxyl groups is 1. The van der Waals surface area contributed by atoms with Gasteiger partial charge in [0.05, 0.1) is 6.20 Å². The molecule has 0 aliphatic heterocycles. The second-order valence-electron chi connectivity index (χ2n) is 3.56. The van der Waals surface area contributed by atoms with Crippen molar-refractivity contribution in [3.8, 4) is 5.75 Å². The number of pyridine rings is 1. The van der Waals surface area contributed by atoms with E-state index < -0.39 is 0 Å². The standard InChI is InChI=1S/C10H10N2O/c13-9-5-7-3-4-12(8-1-2-8)10(7)11-6-9/h3-6,8,13H,1-2H2. The van der Waals surface area contributed by atoms with E-state index in [4.69, 9.17) is 0 Å². The van der Waals surface area contributed by atoms with Crippen molar-refractivity contribution in [1.29, 1.82) is 0 Å². The summed E-state index contributed by atoms with van der Waals surface area (Å²) in [5.41, 5.74) is 0.986. The van der Waals surface area contributed by atoms with E-state index in [1.165, 1.54) is 19.0 Å². The molecule has 0 bridgehead atoms. The van der Waals surface area contributed by atoms with Gasteiger partial charge in [-0.2, -0.15) is 0 Å². The van der Waals surface area contributed by atoms with Crippen LogP contribution in [-0.4, -0.2) is 14.7 Å². The van der Waals surface area contributed by atoms with Gasteiger partial charge in [0.25, 0.3) is 0 Å². The van der Waals surface area contributed by atoms with Crippen molar-refractivity contribution < 1.29 is 5.11 Å². The summed E-state index contributed by atoms with van der Waals surface area (Å²) in [6.07, 6.45) is 6.06. The van der Waals surface area contributed by atoms with Crippen molar-refractivity contribution in [3.05, 3.63) is 24.5 Å². The van der Waals surface area contributed by atoms with Gasteiger partial charge in [-0.15, -0.1) is 0 Å². The molecule has 0 radical (unpaired) electrons. The summed E-state index contributed by atoms with van der Waals surface area (Å²) in [4.78, 5) is 4.21. The van der Waals surface area contributed by atoms with Crippen LogP contribution in [0, 0.1) is 0 Å². The van der Waals surface area contributed by atoms with Crippen LogP contribution in [0.1, 0.15) is 18.9 Å². The molecule has 0 saturated heterocycles. The zero-order valence-electron chi connectivity index (χ0n) is 7.14. The third kappa shape index (κ3) is 1.00. The van der Waals surface area contributed by atoms with Crippen molar-refractivity contribution in [2.75, 3.05) is 0 Å². The Morgan fingerprint density at radius 2 is 2.31 bits per heavy atom. The number of fused-ring (bicyclic) bond motifs is 1. The van der Waals surface area contributed by atoms with Gasteiger partial charge in [-0.3, -0.25) is 0 Å². The maximum Gasteiger partial charge on any atom is 0.140 e. The summed E-state index contributed by atoms with van der Waals surface area (Å²) in [5, 5.41) is 10.2. The lowest BCUT2D eigenvalue weighted by Crippen LogP contribution is -1.92. The highest BCUT2D eigenvalue weighted by atomic mass is 16.3. The lowest BCUT2D eigenvalue weighted by molar-refractivity contribution is 0.473. The SMILES string of the molecule is Oc1cnc2c(ccn2C2CC2)c1. The third-order valence-corrected chi connectivity index (χ3v) is 2.48. The molecule has 13 heavy (non-hydrogen) atoms. The summed E-state index contributed by atoms with van der Waals surface area (Å²) in [6.45, 7) is 0. The Morgan fingerprint density at radius 1 is 1.46 bits per heavy atom. The molecular weight excluding hydrogens is 164 g/mol. The highest BCUT2D eigenvalue weighted by Crippen LogP contribution is 2.37. The highest BCUT2D eigenvalue weighted by molar-refractivity contribution is 5.77. The van der Waals surface area contributed by atoms with Crippen LogP contribution in [0.3, 0.4) is 0 Å². The predicted octanol–water partition coefficient (Wildman–Crippen LogP) is 2.08. The van der Waals surface area contributed by atoms with Crippen molar-refractivity contribution in [3.63, 3.8) is 0 Å². The van der Waals surface area contributed by atoms with Gasteiger partial charge < -0.3 is 9.67 Å². The minimum absolute atomic E-state index is 0.237. The third-order valence-electron chi connectivity index (χ3n) is 2.48. The summed E-state index contributed by atoms with van der Waals surface area (Å²) in [7, 11) is 0. The molecule has 0 atom stereocenters. The molecule has 2 aromatic rings. The maximum atomic E-state index is 9.22. The Morgan fingerprint density at radius 3 is 3.08 bits per heavy atom. The average molecular weight is 174 g/mol. The predicted molar refractivity (Wildman–Crippen MR) is 49.7 cm³/mol. The molecule has 0 amide bonds. The molecule has 2 heterocycles. The number of aromatic nitrogens is 2. The summed E-state index contributed by atoms with van der Waals surface area (Å²) < 4.78 is 2.19. The van der Waals surface area contributed by atoms with E-state index in [0.717, 1.165) is 11.0 Å². The van der Waals surface area contributed by atoms with Crippen LogP contribution < -0.4 is 0 Å². The maximum absolute atomic E-state index is 9.22. The van der Waals surface area contributed by atoms with Crippen LogP contribution in [-0.2, 0) is 0 Å². The molecule has 3 nitrogen and oxygen atoms in total. The molecule has 1 aliphatic rings. The summed E-state index contributed by atoms with van der Waals surface area (Å²) in [6, 6.07) is 4.40. The van der Waals surface area contributed by atoms with E-state index in [9.17, 15) is 5.11 Å². The molecule has 0 unspecified atom stereocenters. The Bertz CT molecular complexity index is 457. The monoisotopic (exact) mass is 174 g/mol. The molecule has 0 spiro atoms. The zero-order valence-corrected chi connectivity index (χ0v) is 7.14. The molecule has 1 aliphatic carbocycles. The summed E-state index contributed by atoms with van der Waals surface area (Å²) in [5.74, 6) is 0.237. The average Bonchev–Trinajstić information content (AvgIpc) is 2.87. The van der Waals surface area contributed by atoms with E-state index >= 15 is 0 Å². The molecule has 0 aromatic carbocycles. The largest absolute Gasteiger partial charge is 0.506 e. The van der Waals surface area contributed by atoms with Crippen LogP contribution in [0.25, 0.3) is 11.0 Å². The number of hydrogen-bond donors (Lipinski definition) is 1. The van der Waals surface area contributed by atoms with Gasteiger partial charge >= 0.3 is 0 Å². The van der Waals surface area contributed by atoms with E-state index in [-0.39, 0.29) is 5.75 Å². The zero-order chi connectivity index (χ0) is 8.84. The first-order valence-electron chi connectivity index (χ1n) is 4.50. The van der Waals surface area contributed by atoms with Crippen LogP contribution in [0.2, 0.25) is 0 Å². The van der Waals surface area contributed by atoms with Crippen LogP contribution in [0.4, 0.5) is 0 Å². The van der Waals surface area contributed by atoms with Gasteiger partial charge in [-0.25, -0.2) is 4.98 Å². The topological polar surface area (TPSA) is 38.1 Å². The van der Waals surface area contributed by atoms with Crippen LogP contribution in [0.5, 0.6) is 5.75 Å². The van der Waals surface area contributed by atoms with E-state index in [1.54, 1.807) is 6.07 Å². The van der Waals surface area contributed by atoms with Gasteiger partial charge in [-0.1, -0.05) is 0 Å².